The van der Waals surface area contributed by atoms with Crippen LogP contribution in [0.25, 0.3) is 0 Å². The van der Waals surface area contributed by atoms with E-state index in [0.29, 0.717) is 17.9 Å². The fourth-order valence-electron chi connectivity index (χ4n) is 1.41. The van der Waals surface area contributed by atoms with Crippen LogP contribution in [0.1, 0.15) is 45.8 Å². The second-order valence-electron chi connectivity index (χ2n) is 5.52. The molecule has 1 atom stereocenters. The van der Waals surface area contributed by atoms with Gasteiger partial charge in [0, 0.05) is 11.6 Å². The number of rotatable bonds is 4. The van der Waals surface area contributed by atoms with Crippen molar-refractivity contribution in [1.82, 2.24) is 0 Å². The zero-order chi connectivity index (χ0) is 13.1. The van der Waals surface area contributed by atoms with Crippen LogP contribution in [0.5, 0.6) is 5.75 Å². The van der Waals surface area contributed by atoms with Crippen molar-refractivity contribution >= 4 is 0 Å². The quantitative estimate of drug-likeness (QED) is 0.869. The standard InChI is InChI=1S/C14H21FO2/c1-10(16)12-6-5-11(9-13(12)15)17-8-7-14(2,3)4/h5-6,9-10,16H,7-8H2,1-4H3. The van der Waals surface area contributed by atoms with Crippen LogP contribution < -0.4 is 4.74 Å². The lowest BCUT2D eigenvalue weighted by Gasteiger charge is -2.18. The number of halogens is 1. The second kappa shape index (κ2) is 5.50. The van der Waals surface area contributed by atoms with Crippen molar-refractivity contribution in [3.05, 3.63) is 29.6 Å². The highest BCUT2D eigenvalue weighted by Gasteiger charge is 2.11. The summed E-state index contributed by atoms with van der Waals surface area (Å²) in [5.41, 5.74) is 0.506. The summed E-state index contributed by atoms with van der Waals surface area (Å²) in [5.74, 6) is 0.0874. The molecule has 0 fully saturated rings. The smallest absolute Gasteiger partial charge is 0.132 e. The summed E-state index contributed by atoms with van der Waals surface area (Å²) in [4.78, 5) is 0. The molecule has 0 aliphatic heterocycles. The van der Waals surface area contributed by atoms with Gasteiger partial charge in [-0.3, -0.25) is 0 Å². The van der Waals surface area contributed by atoms with Crippen LogP contribution in [-0.4, -0.2) is 11.7 Å². The number of aliphatic hydroxyl groups is 1. The van der Waals surface area contributed by atoms with Gasteiger partial charge in [0.1, 0.15) is 11.6 Å². The Kier molecular flexibility index (Phi) is 4.52. The average Bonchev–Trinajstić information content (AvgIpc) is 2.15. The van der Waals surface area contributed by atoms with E-state index >= 15 is 0 Å². The number of hydrogen-bond acceptors (Lipinski definition) is 2. The van der Waals surface area contributed by atoms with E-state index in [4.69, 9.17) is 4.74 Å². The topological polar surface area (TPSA) is 29.5 Å². The summed E-state index contributed by atoms with van der Waals surface area (Å²) in [6.45, 7) is 8.50. The van der Waals surface area contributed by atoms with Gasteiger partial charge in [-0.05, 0) is 30.9 Å². The molecule has 1 aromatic rings. The van der Waals surface area contributed by atoms with Crippen molar-refractivity contribution in [2.75, 3.05) is 6.61 Å². The van der Waals surface area contributed by atoms with Gasteiger partial charge in [0.2, 0.25) is 0 Å². The Hall–Kier alpha value is -1.09. The molecule has 0 saturated heterocycles. The van der Waals surface area contributed by atoms with E-state index in [-0.39, 0.29) is 5.41 Å². The van der Waals surface area contributed by atoms with Crippen LogP contribution >= 0.6 is 0 Å². The molecule has 17 heavy (non-hydrogen) atoms. The van der Waals surface area contributed by atoms with Crippen molar-refractivity contribution in [3.63, 3.8) is 0 Å². The molecule has 2 nitrogen and oxygen atoms in total. The van der Waals surface area contributed by atoms with E-state index in [1.165, 1.54) is 6.07 Å². The molecular weight excluding hydrogens is 219 g/mol. The van der Waals surface area contributed by atoms with Gasteiger partial charge < -0.3 is 9.84 Å². The van der Waals surface area contributed by atoms with E-state index in [9.17, 15) is 9.50 Å². The first-order chi connectivity index (χ1) is 7.79. The van der Waals surface area contributed by atoms with Gasteiger partial charge in [-0.25, -0.2) is 4.39 Å². The van der Waals surface area contributed by atoms with Gasteiger partial charge in [0.15, 0.2) is 0 Å². The minimum atomic E-state index is -0.793. The van der Waals surface area contributed by atoms with Gasteiger partial charge in [0.05, 0.1) is 12.7 Å². The van der Waals surface area contributed by atoms with Crippen molar-refractivity contribution in [2.45, 2.75) is 40.2 Å². The first-order valence-corrected chi connectivity index (χ1v) is 5.90. The van der Waals surface area contributed by atoms with Gasteiger partial charge in [-0.1, -0.05) is 20.8 Å². The lowest BCUT2D eigenvalue weighted by Crippen LogP contribution is -2.11. The Balaban J connectivity index is 2.59. The summed E-state index contributed by atoms with van der Waals surface area (Å²) in [5, 5.41) is 9.30. The summed E-state index contributed by atoms with van der Waals surface area (Å²) in [7, 11) is 0. The predicted molar refractivity (Wildman–Crippen MR) is 66.6 cm³/mol. The van der Waals surface area contributed by atoms with Crippen molar-refractivity contribution in [3.8, 4) is 5.75 Å². The summed E-state index contributed by atoms with van der Waals surface area (Å²) in [6, 6.07) is 4.57. The van der Waals surface area contributed by atoms with E-state index in [1.807, 2.05) is 0 Å². The van der Waals surface area contributed by atoms with E-state index in [1.54, 1.807) is 19.1 Å². The van der Waals surface area contributed by atoms with Crippen LogP contribution in [0, 0.1) is 11.2 Å². The van der Waals surface area contributed by atoms with Gasteiger partial charge >= 0.3 is 0 Å². The van der Waals surface area contributed by atoms with Crippen LogP contribution in [0.3, 0.4) is 0 Å². The maximum Gasteiger partial charge on any atom is 0.132 e. The molecule has 0 saturated carbocycles. The highest BCUT2D eigenvalue weighted by atomic mass is 19.1. The van der Waals surface area contributed by atoms with Crippen molar-refractivity contribution in [2.24, 2.45) is 5.41 Å². The molecule has 0 aliphatic carbocycles. The molecule has 1 N–H and O–H groups in total. The van der Waals surface area contributed by atoms with Crippen LogP contribution in [0.15, 0.2) is 18.2 Å². The third-order valence-corrected chi connectivity index (χ3v) is 2.54. The largest absolute Gasteiger partial charge is 0.493 e. The Morgan fingerprint density at radius 2 is 2.00 bits per heavy atom. The summed E-state index contributed by atoms with van der Waals surface area (Å²) < 4.78 is 19.0. The molecule has 0 bridgehead atoms. The van der Waals surface area contributed by atoms with Crippen molar-refractivity contribution in [1.29, 1.82) is 0 Å². The molecule has 1 aromatic carbocycles. The van der Waals surface area contributed by atoms with Crippen LogP contribution in [0.4, 0.5) is 4.39 Å². The maximum atomic E-state index is 13.5. The zero-order valence-corrected chi connectivity index (χ0v) is 11.0. The summed E-state index contributed by atoms with van der Waals surface area (Å²) >= 11 is 0. The Bertz CT molecular complexity index is 367. The SMILES string of the molecule is CC(O)c1ccc(OCCC(C)(C)C)cc1F. The number of aliphatic hydroxyl groups excluding tert-OH is 1. The molecule has 0 radical (unpaired) electrons. The first-order valence-electron chi connectivity index (χ1n) is 5.90. The second-order valence-corrected chi connectivity index (χ2v) is 5.52. The zero-order valence-electron chi connectivity index (χ0n) is 11.0. The summed E-state index contributed by atoms with van der Waals surface area (Å²) in [6.07, 6.45) is 0.117. The molecule has 0 spiro atoms. The van der Waals surface area contributed by atoms with E-state index in [0.717, 1.165) is 6.42 Å². The number of benzene rings is 1. The monoisotopic (exact) mass is 240 g/mol. The molecule has 96 valence electrons. The third-order valence-electron chi connectivity index (χ3n) is 2.54. The van der Waals surface area contributed by atoms with Crippen molar-refractivity contribution < 1.29 is 14.2 Å². The molecule has 0 amide bonds. The van der Waals surface area contributed by atoms with E-state index in [2.05, 4.69) is 20.8 Å². The molecule has 1 unspecified atom stereocenters. The minimum absolute atomic E-state index is 0.206. The molecular formula is C14H21FO2. The molecule has 0 aromatic heterocycles. The van der Waals surface area contributed by atoms with E-state index < -0.39 is 11.9 Å². The number of ether oxygens (including phenoxy) is 1. The fourth-order valence-corrected chi connectivity index (χ4v) is 1.41. The predicted octanol–water partition coefficient (Wildman–Crippen LogP) is 3.69. The lowest BCUT2D eigenvalue weighted by molar-refractivity contribution is 0.193. The van der Waals surface area contributed by atoms with Gasteiger partial charge in [-0.15, -0.1) is 0 Å². The average molecular weight is 240 g/mol. The Morgan fingerprint density at radius 1 is 1.35 bits per heavy atom. The molecule has 0 heterocycles. The lowest BCUT2D eigenvalue weighted by atomic mass is 9.93. The third kappa shape index (κ3) is 4.73. The Labute approximate surface area is 102 Å². The van der Waals surface area contributed by atoms with Gasteiger partial charge in [0.25, 0.3) is 0 Å². The highest BCUT2D eigenvalue weighted by Crippen LogP contribution is 2.23. The number of hydrogen-bond donors (Lipinski definition) is 1. The fraction of sp³-hybridized carbons (Fsp3) is 0.571. The highest BCUT2D eigenvalue weighted by molar-refractivity contribution is 5.29. The molecule has 1 rings (SSSR count). The minimum Gasteiger partial charge on any atom is -0.493 e. The first kappa shape index (κ1) is 14.0. The van der Waals surface area contributed by atoms with Crippen LogP contribution in [0.2, 0.25) is 0 Å². The van der Waals surface area contributed by atoms with Crippen LogP contribution in [-0.2, 0) is 0 Å². The molecule has 3 heteroatoms. The normalized spacial score (nSPS) is 13.5. The Morgan fingerprint density at radius 3 is 2.47 bits per heavy atom. The van der Waals surface area contributed by atoms with Gasteiger partial charge in [-0.2, -0.15) is 0 Å². The maximum absolute atomic E-state index is 13.5. The molecule has 0 aliphatic rings.